The Balaban J connectivity index is 1.16. The Morgan fingerprint density at radius 1 is 0.236 bits per heavy atom. The molecule has 0 fully saturated rings. The van der Waals surface area contributed by atoms with Crippen LogP contribution in [-0.2, 0) is 0 Å². The average molecular weight is 720 g/mol. The number of rotatable bonds is 7. The van der Waals surface area contributed by atoms with E-state index in [1.54, 1.807) is 0 Å². The monoisotopic (exact) mass is 719 g/mol. The molecule has 10 rings (SSSR count). The van der Waals surface area contributed by atoms with Gasteiger partial charge in [0.1, 0.15) is 0 Å². The van der Waals surface area contributed by atoms with Crippen LogP contribution in [0.5, 0.6) is 0 Å². The molecule has 2 heterocycles. The number of benzene rings is 8. The second kappa shape index (κ2) is 14.1. The molecule has 3 nitrogen and oxygen atoms in total. The van der Waals surface area contributed by atoms with Crippen LogP contribution in [0.2, 0.25) is 0 Å². The van der Waals surface area contributed by atoms with Crippen molar-refractivity contribution in [2.75, 3.05) is 0 Å². The second-order valence-electron chi connectivity index (χ2n) is 13.7. The van der Waals surface area contributed by atoms with Crippen molar-refractivity contribution in [2.45, 2.75) is 0 Å². The number of aromatic nitrogens is 3. The molecule has 4 heteroatoms. The summed E-state index contributed by atoms with van der Waals surface area (Å²) in [5.74, 6) is 1.88. The highest BCUT2D eigenvalue weighted by atomic mass is 32.1. The van der Waals surface area contributed by atoms with Gasteiger partial charge in [0.25, 0.3) is 0 Å². The minimum atomic E-state index is 0.623. The van der Waals surface area contributed by atoms with Gasteiger partial charge in [-0.25, -0.2) is 15.0 Å². The Labute approximate surface area is 323 Å². The minimum Gasteiger partial charge on any atom is -0.208 e. The molecular weight excluding hydrogens is 687 g/mol. The van der Waals surface area contributed by atoms with E-state index < -0.39 is 0 Å². The van der Waals surface area contributed by atoms with Crippen molar-refractivity contribution in [3.05, 3.63) is 200 Å². The molecule has 0 unspecified atom stereocenters. The zero-order valence-electron chi connectivity index (χ0n) is 29.8. The summed E-state index contributed by atoms with van der Waals surface area (Å²) in [6, 6.07) is 70.6. The summed E-state index contributed by atoms with van der Waals surface area (Å²) >= 11 is 1.84. The van der Waals surface area contributed by atoms with Crippen LogP contribution >= 0.6 is 11.3 Å². The maximum absolute atomic E-state index is 5.23. The van der Waals surface area contributed by atoms with Crippen molar-refractivity contribution >= 4 is 31.5 Å². The third-order valence-corrected chi connectivity index (χ3v) is 11.3. The van der Waals surface area contributed by atoms with E-state index in [-0.39, 0.29) is 0 Å². The van der Waals surface area contributed by atoms with Gasteiger partial charge in [0.05, 0.1) is 0 Å². The molecule has 0 spiro atoms. The standard InChI is InChI=1S/C51H33N3S/c1-4-13-34(14-5-1)37-23-25-38(26-24-37)49-52-50(41-20-12-19-39(29-41)35-15-6-2-7-16-35)54-51(53-49)44-31-42(36-17-8-3-9-18-36)30-43(32-44)40-27-28-48-46(33-40)45-21-10-11-22-47(45)55-48/h1-33H. The predicted octanol–water partition coefficient (Wildman–Crippen LogP) is 13.9. The zero-order valence-corrected chi connectivity index (χ0v) is 30.6. The van der Waals surface area contributed by atoms with Crippen LogP contribution in [0, 0.1) is 0 Å². The molecule has 8 aromatic carbocycles. The molecule has 0 N–H and O–H groups in total. The molecule has 0 radical (unpaired) electrons. The molecular formula is C51H33N3S. The molecule has 2 aromatic heterocycles. The molecule has 0 aliphatic carbocycles. The van der Waals surface area contributed by atoms with Gasteiger partial charge in [0, 0.05) is 36.9 Å². The zero-order chi connectivity index (χ0) is 36.6. The van der Waals surface area contributed by atoms with E-state index in [4.69, 9.17) is 15.0 Å². The Kier molecular flexibility index (Phi) is 8.36. The third-order valence-electron chi connectivity index (χ3n) is 10.1. The van der Waals surface area contributed by atoms with Gasteiger partial charge >= 0.3 is 0 Å². The van der Waals surface area contributed by atoms with Gasteiger partial charge < -0.3 is 0 Å². The summed E-state index contributed by atoms with van der Waals surface area (Å²) < 4.78 is 2.58. The van der Waals surface area contributed by atoms with Crippen LogP contribution in [-0.4, -0.2) is 15.0 Å². The number of hydrogen-bond donors (Lipinski definition) is 0. The van der Waals surface area contributed by atoms with Gasteiger partial charge in [-0.3, -0.25) is 0 Å². The first kappa shape index (κ1) is 32.6. The van der Waals surface area contributed by atoms with Crippen LogP contribution < -0.4 is 0 Å². The fraction of sp³-hybridized carbons (Fsp3) is 0. The first-order chi connectivity index (χ1) is 27.2. The maximum atomic E-state index is 5.23. The van der Waals surface area contributed by atoms with Crippen LogP contribution in [0.25, 0.3) is 98.8 Å². The van der Waals surface area contributed by atoms with Crippen molar-refractivity contribution < 1.29 is 0 Å². The fourth-order valence-corrected chi connectivity index (χ4v) is 8.39. The van der Waals surface area contributed by atoms with E-state index in [1.165, 1.54) is 25.7 Å². The van der Waals surface area contributed by atoms with E-state index >= 15 is 0 Å². The highest BCUT2D eigenvalue weighted by molar-refractivity contribution is 7.25. The van der Waals surface area contributed by atoms with E-state index in [1.807, 2.05) is 23.5 Å². The number of nitrogens with zero attached hydrogens (tertiary/aromatic N) is 3. The Morgan fingerprint density at radius 3 is 1.33 bits per heavy atom. The summed E-state index contributed by atoms with van der Waals surface area (Å²) in [7, 11) is 0. The quantitative estimate of drug-likeness (QED) is 0.165. The predicted molar refractivity (Wildman–Crippen MR) is 231 cm³/mol. The van der Waals surface area contributed by atoms with E-state index in [0.717, 1.165) is 55.6 Å². The molecule has 55 heavy (non-hydrogen) atoms. The SMILES string of the molecule is c1ccc(-c2ccc(-c3nc(-c4cccc(-c5ccccc5)c4)nc(-c4cc(-c5ccccc5)cc(-c5ccc6sc7ccccc7c6c5)c4)n3)cc2)cc1. The third kappa shape index (κ3) is 6.50. The molecule has 258 valence electrons. The van der Waals surface area contributed by atoms with Crippen LogP contribution in [0.4, 0.5) is 0 Å². The molecule has 0 amide bonds. The van der Waals surface area contributed by atoms with Crippen molar-refractivity contribution in [3.8, 4) is 78.7 Å². The smallest absolute Gasteiger partial charge is 0.164 e. The number of thiophene rings is 1. The van der Waals surface area contributed by atoms with Crippen molar-refractivity contribution in [2.24, 2.45) is 0 Å². The van der Waals surface area contributed by atoms with Crippen molar-refractivity contribution in [3.63, 3.8) is 0 Å². The van der Waals surface area contributed by atoms with Crippen LogP contribution in [0.15, 0.2) is 200 Å². The molecule has 0 aliphatic heterocycles. The van der Waals surface area contributed by atoms with Gasteiger partial charge in [-0.1, -0.05) is 158 Å². The normalized spacial score (nSPS) is 11.3. The lowest BCUT2D eigenvalue weighted by molar-refractivity contribution is 1.07. The largest absolute Gasteiger partial charge is 0.208 e. The molecule has 0 aliphatic rings. The topological polar surface area (TPSA) is 38.7 Å². The van der Waals surface area contributed by atoms with Crippen LogP contribution in [0.3, 0.4) is 0 Å². The highest BCUT2D eigenvalue weighted by Crippen LogP contribution is 2.39. The molecule has 0 saturated carbocycles. The summed E-state index contributed by atoms with van der Waals surface area (Å²) in [6.07, 6.45) is 0. The lowest BCUT2D eigenvalue weighted by Crippen LogP contribution is -2.01. The molecule has 10 aromatic rings. The van der Waals surface area contributed by atoms with Gasteiger partial charge in [0.15, 0.2) is 17.5 Å². The first-order valence-electron chi connectivity index (χ1n) is 18.4. The van der Waals surface area contributed by atoms with Gasteiger partial charge in [-0.05, 0) is 87.0 Å². The summed E-state index contributed by atoms with van der Waals surface area (Å²) in [5, 5.41) is 2.55. The maximum Gasteiger partial charge on any atom is 0.164 e. The van der Waals surface area contributed by atoms with Gasteiger partial charge in [0.2, 0.25) is 0 Å². The second-order valence-corrected chi connectivity index (χ2v) is 14.8. The summed E-state index contributed by atoms with van der Waals surface area (Å²) in [5.41, 5.74) is 11.8. The Morgan fingerprint density at radius 2 is 0.636 bits per heavy atom. The lowest BCUT2D eigenvalue weighted by Gasteiger charge is -2.13. The van der Waals surface area contributed by atoms with E-state index in [0.29, 0.717) is 17.5 Å². The Hall–Kier alpha value is -7.01. The van der Waals surface area contributed by atoms with E-state index in [2.05, 4.69) is 188 Å². The Bertz CT molecular complexity index is 2950. The van der Waals surface area contributed by atoms with Gasteiger partial charge in [-0.2, -0.15) is 0 Å². The molecule has 0 saturated heterocycles. The fourth-order valence-electron chi connectivity index (χ4n) is 7.30. The summed E-state index contributed by atoms with van der Waals surface area (Å²) in [4.78, 5) is 15.6. The number of hydrogen-bond acceptors (Lipinski definition) is 4. The lowest BCUT2D eigenvalue weighted by atomic mass is 9.95. The van der Waals surface area contributed by atoms with E-state index in [9.17, 15) is 0 Å². The first-order valence-corrected chi connectivity index (χ1v) is 19.2. The number of fused-ring (bicyclic) bond motifs is 3. The van der Waals surface area contributed by atoms with Crippen molar-refractivity contribution in [1.82, 2.24) is 15.0 Å². The van der Waals surface area contributed by atoms with Gasteiger partial charge in [-0.15, -0.1) is 11.3 Å². The van der Waals surface area contributed by atoms with Crippen LogP contribution in [0.1, 0.15) is 0 Å². The molecule has 0 bridgehead atoms. The highest BCUT2D eigenvalue weighted by Gasteiger charge is 2.16. The van der Waals surface area contributed by atoms with Crippen molar-refractivity contribution in [1.29, 1.82) is 0 Å². The minimum absolute atomic E-state index is 0.623. The summed E-state index contributed by atoms with van der Waals surface area (Å²) in [6.45, 7) is 0. The molecule has 0 atom stereocenters. The average Bonchev–Trinajstić information content (AvgIpc) is 3.65.